The maximum atomic E-state index is 12.7. The average molecular weight is 236 g/mol. The number of carbonyl (C=O) groups excluding carboxylic acids is 1. The van der Waals surface area contributed by atoms with Crippen LogP contribution in [-0.4, -0.2) is 18.2 Å². The molecule has 2 atom stereocenters. The predicted molar refractivity (Wildman–Crippen MR) is 52.7 cm³/mol. The van der Waals surface area contributed by atoms with Gasteiger partial charge in [0.05, 0.1) is 5.92 Å². The van der Waals surface area contributed by atoms with Gasteiger partial charge in [-0.1, -0.05) is 19.4 Å². The Balaban J connectivity index is 2.73. The number of esters is 1. The van der Waals surface area contributed by atoms with Crippen LogP contribution < -0.4 is 0 Å². The van der Waals surface area contributed by atoms with Gasteiger partial charge >= 0.3 is 12.1 Å². The number of carbonyl (C=O) groups is 1. The van der Waals surface area contributed by atoms with Gasteiger partial charge < -0.3 is 4.74 Å². The van der Waals surface area contributed by atoms with Gasteiger partial charge in [-0.05, 0) is 19.3 Å². The van der Waals surface area contributed by atoms with Crippen LogP contribution in [0.15, 0.2) is 12.7 Å². The first-order chi connectivity index (χ1) is 7.45. The summed E-state index contributed by atoms with van der Waals surface area (Å²) in [5, 5.41) is 0. The molecule has 2 nitrogen and oxygen atoms in total. The topological polar surface area (TPSA) is 26.3 Å². The van der Waals surface area contributed by atoms with Crippen LogP contribution in [0, 0.1) is 5.92 Å². The normalized spacial score (nSPS) is 26.9. The minimum atomic E-state index is -4.30. The van der Waals surface area contributed by atoms with Crippen LogP contribution in [0.2, 0.25) is 0 Å². The van der Waals surface area contributed by atoms with Crippen molar-refractivity contribution in [1.82, 2.24) is 0 Å². The van der Waals surface area contributed by atoms with Crippen LogP contribution >= 0.6 is 0 Å². The summed E-state index contributed by atoms with van der Waals surface area (Å²) in [6.07, 6.45) is -2.16. The van der Waals surface area contributed by atoms with E-state index < -0.39 is 24.2 Å². The Kier molecular flexibility index (Phi) is 4.38. The van der Waals surface area contributed by atoms with Gasteiger partial charge in [-0.25, -0.2) is 4.79 Å². The average Bonchev–Trinajstić information content (AvgIpc) is 2.42. The first-order valence-corrected chi connectivity index (χ1v) is 5.35. The summed E-state index contributed by atoms with van der Waals surface area (Å²) < 4.78 is 42.9. The third-order valence-corrected chi connectivity index (χ3v) is 2.81. The van der Waals surface area contributed by atoms with E-state index in [4.69, 9.17) is 4.74 Å². The predicted octanol–water partition coefficient (Wildman–Crippen LogP) is 3.23. The zero-order valence-corrected chi connectivity index (χ0v) is 8.93. The third kappa shape index (κ3) is 3.54. The van der Waals surface area contributed by atoms with Crippen molar-refractivity contribution in [2.75, 3.05) is 0 Å². The van der Waals surface area contributed by atoms with Gasteiger partial charge in [0.25, 0.3) is 0 Å². The maximum absolute atomic E-state index is 12.7. The van der Waals surface area contributed by atoms with E-state index in [2.05, 4.69) is 6.58 Å². The summed E-state index contributed by atoms with van der Waals surface area (Å²) in [7, 11) is 0. The molecule has 0 aromatic rings. The lowest BCUT2D eigenvalue weighted by Gasteiger charge is -2.26. The minimum absolute atomic E-state index is 0.0403. The Labute approximate surface area is 92.5 Å². The lowest BCUT2D eigenvalue weighted by atomic mass is 9.96. The van der Waals surface area contributed by atoms with E-state index in [1.54, 1.807) is 0 Å². The fourth-order valence-electron chi connectivity index (χ4n) is 1.99. The Morgan fingerprint density at radius 1 is 1.25 bits per heavy atom. The van der Waals surface area contributed by atoms with Gasteiger partial charge in [0.1, 0.15) is 6.10 Å². The number of hydrogen-bond donors (Lipinski definition) is 0. The van der Waals surface area contributed by atoms with Gasteiger partial charge in [-0.2, -0.15) is 13.2 Å². The SMILES string of the molecule is C=CC(=O)OC1CCCCCC1C(F)(F)F. The molecule has 1 aliphatic rings. The van der Waals surface area contributed by atoms with E-state index in [1.807, 2.05) is 0 Å². The fourth-order valence-corrected chi connectivity index (χ4v) is 1.99. The quantitative estimate of drug-likeness (QED) is 0.418. The Bertz CT molecular complexity index is 260. The van der Waals surface area contributed by atoms with Crippen molar-refractivity contribution in [3.05, 3.63) is 12.7 Å². The highest BCUT2D eigenvalue weighted by atomic mass is 19.4. The molecule has 0 aromatic heterocycles. The molecule has 0 radical (unpaired) electrons. The molecule has 92 valence electrons. The van der Waals surface area contributed by atoms with Crippen molar-refractivity contribution in [2.24, 2.45) is 5.92 Å². The molecule has 2 unspecified atom stereocenters. The van der Waals surface area contributed by atoms with Crippen molar-refractivity contribution >= 4 is 5.97 Å². The third-order valence-electron chi connectivity index (χ3n) is 2.81. The molecule has 0 heterocycles. The fraction of sp³-hybridized carbons (Fsp3) is 0.727. The highest BCUT2D eigenvalue weighted by Crippen LogP contribution is 2.38. The van der Waals surface area contributed by atoms with E-state index in [0.717, 1.165) is 12.5 Å². The zero-order valence-electron chi connectivity index (χ0n) is 8.93. The van der Waals surface area contributed by atoms with Gasteiger partial charge in [-0.3, -0.25) is 0 Å². The summed E-state index contributed by atoms with van der Waals surface area (Å²) in [6.45, 7) is 3.18. The van der Waals surface area contributed by atoms with Crippen LogP contribution in [0.5, 0.6) is 0 Å². The molecule has 0 N–H and O–H groups in total. The molecular formula is C11H15F3O2. The number of rotatable bonds is 2. The molecule has 0 aromatic carbocycles. The van der Waals surface area contributed by atoms with Gasteiger partial charge in [0.2, 0.25) is 0 Å². The molecule has 1 saturated carbocycles. The van der Waals surface area contributed by atoms with Crippen LogP contribution in [0.1, 0.15) is 32.1 Å². The van der Waals surface area contributed by atoms with Crippen LogP contribution in [-0.2, 0) is 9.53 Å². The summed E-state index contributed by atoms with van der Waals surface area (Å²) in [6, 6.07) is 0. The summed E-state index contributed by atoms with van der Waals surface area (Å²) >= 11 is 0. The molecular weight excluding hydrogens is 221 g/mol. The molecule has 1 aliphatic carbocycles. The summed E-state index contributed by atoms with van der Waals surface area (Å²) in [5.41, 5.74) is 0. The first-order valence-electron chi connectivity index (χ1n) is 5.35. The Morgan fingerprint density at radius 3 is 2.44 bits per heavy atom. The Morgan fingerprint density at radius 2 is 1.88 bits per heavy atom. The second-order valence-electron chi connectivity index (χ2n) is 3.97. The lowest BCUT2D eigenvalue weighted by Crippen LogP contribution is -2.36. The molecule has 1 rings (SSSR count). The summed E-state index contributed by atoms with van der Waals surface area (Å²) in [4.78, 5) is 11.0. The van der Waals surface area contributed by atoms with Gasteiger partial charge in [-0.15, -0.1) is 0 Å². The lowest BCUT2D eigenvalue weighted by molar-refractivity contribution is -0.208. The van der Waals surface area contributed by atoms with E-state index >= 15 is 0 Å². The summed E-state index contributed by atoms with van der Waals surface area (Å²) in [5.74, 6) is -2.31. The number of ether oxygens (including phenoxy) is 1. The standard InChI is InChI=1S/C11H15F3O2/c1-2-10(15)16-9-7-5-3-4-6-8(9)11(12,13)14/h2,8-9H,1,3-7H2. The highest BCUT2D eigenvalue weighted by Gasteiger charge is 2.46. The van der Waals surface area contributed by atoms with Gasteiger partial charge in [0, 0.05) is 6.08 Å². The maximum Gasteiger partial charge on any atom is 0.395 e. The second kappa shape index (κ2) is 5.37. The number of hydrogen-bond acceptors (Lipinski definition) is 2. The molecule has 0 saturated heterocycles. The molecule has 0 bridgehead atoms. The van der Waals surface area contributed by atoms with Crippen molar-refractivity contribution < 1.29 is 22.7 Å². The van der Waals surface area contributed by atoms with Crippen molar-refractivity contribution in [1.29, 1.82) is 0 Å². The van der Waals surface area contributed by atoms with E-state index in [-0.39, 0.29) is 12.8 Å². The van der Waals surface area contributed by atoms with Crippen molar-refractivity contribution in [3.8, 4) is 0 Å². The molecule has 5 heteroatoms. The van der Waals surface area contributed by atoms with Crippen molar-refractivity contribution in [2.45, 2.75) is 44.4 Å². The van der Waals surface area contributed by atoms with Gasteiger partial charge in [0.15, 0.2) is 0 Å². The molecule has 0 aliphatic heterocycles. The monoisotopic (exact) mass is 236 g/mol. The van der Waals surface area contributed by atoms with Crippen LogP contribution in [0.25, 0.3) is 0 Å². The highest BCUT2D eigenvalue weighted by molar-refractivity contribution is 5.81. The van der Waals surface area contributed by atoms with Crippen LogP contribution in [0.4, 0.5) is 13.2 Å². The van der Waals surface area contributed by atoms with Crippen molar-refractivity contribution in [3.63, 3.8) is 0 Å². The van der Waals surface area contributed by atoms with E-state index in [0.29, 0.717) is 12.8 Å². The smallest absolute Gasteiger partial charge is 0.395 e. The number of halogens is 3. The van der Waals surface area contributed by atoms with E-state index in [1.165, 1.54) is 0 Å². The second-order valence-corrected chi connectivity index (χ2v) is 3.97. The molecule has 0 amide bonds. The molecule has 16 heavy (non-hydrogen) atoms. The Hall–Kier alpha value is -1.00. The zero-order chi connectivity index (χ0) is 12.2. The molecule has 1 fully saturated rings. The minimum Gasteiger partial charge on any atom is -0.459 e. The van der Waals surface area contributed by atoms with Crippen LogP contribution in [0.3, 0.4) is 0 Å². The largest absolute Gasteiger partial charge is 0.459 e. The number of alkyl halides is 3. The molecule has 0 spiro atoms. The first kappa shape index (κ1) is 13.1. The van der Waals surface area contributed by atoms with E-state index in [9.17, 15) is 18.0 Å².